The van der Waals surface area contributed by atoms with Gasteiger partial charge in [0, 0.05) is 36.7 Å². The molecule has 0 saturated carbocycles. The first-order chi connectivity index (χ1) is 14.1. The van der Waals surface area contributed by atoms with Gasteiger partial charge in [0.2, 0.25) is 11.8 Å². The molecule has 2 unspecified atom stereocenters. The van der Waals surface area contributed by atoms with E-state index in [0.29, 0.717) is 32.3 Å². The lowest BCUT2D eigenvalue weighted by Gasteiger charge is -2.41. The molecule has 4 rings (SSSR count). The largest absolute Gasteiger partial charge is 0.494 e. The first kappa shape index (κ1) is 19.7. The van der Waals surface area contributed by atoms with Crippen molar-refractivity contribution in [1.29, 1.82) is 0 Å². The van der Waals surface area contributed by atoms with Gasteiger partial charge in [0.05, 0.1) is 6.61 Å². The van der Waals surface area contributed by atoms with Crippen LogP contribution in [0.3, 0.4) is 0 Å². The number of nitrogens with zero attached hydrogens (tertiary/aromatic N) is 2. The molecule has 29 heavy (non-hydrogen) atoms. The number of piperidine rings is 1. The van der Waals surface area contributed by atoms with Crippen molar-refractivity contribution in [1.82, 2.24) is 9.80 Å². The molecule has 7 nitrogen and oxygen atoms in total. The first-order valence-corrected chi connectivity index (χ1v) is 10.7. The van der Waals surface area contributed by atoms with Gasteiger partial charge in [0.15, 0.2) is 0 Å². The van der Waals surface area contributed by atoms with E-state index in [-0.39, 0.29) is 36.0 Å². The van der Waals surface area contributed by atoms with Gasteiger partial charge in [-0.3, -0.25) is 14.5 Å². The molecule has 3 saturated heterocycles. The van der Waals surface area contributed by atoms with Gasteiger partial charge < -0.3 is 15.0 Å². The molecule has 0 radical (unpaired) electrons. The molecule has 3 fully saturated rings. The van der Waals surface area contributed by atoms with Crippen LogP contribution >= 0.6 is 0 Å². The molecular formula is C22H29N3O4. The van der Waals surface area contributed by atoms with Crippen LogP contribution < -0.4 is 10.1 Å². The zero-order valence-electron chi connectivity index (χ0n) is 16.9. The highest BCUT2D eigenvalue weighted by atomic mass is 16.5. The monoisotopic (exact) mass is 399 g/mol. The second-order valence-electron chi connectivity index (χ2n) is 8.23. The van der Waals surface area contributed by atoms with Crippen LogP contribution in [0.4, 0.5) is 10.5 Å². The van der Waals surface area contributed by atoms with Crippen molar-refractivity contribution < 1.29 is 19.1 Å². The summed E-state index contributed by atoms with van der Waals surface area (Å²) < 4.78 is 5.66. The molecule has 3 heterocycles. The van der Waals surface area contributed by atoms with Gasteiger partial charge in [-0.25, -0.2) is 4.79 Å². The standard InChI is InChI=1S/C22H29N3O4/c1-2-3-12-29-19-8-4-15(5-9-19)23-22(28)24-16-6-7-17(24)14-18(13-16)25-20(26)10-11-21(25)27/h4-5,8-9,16-18H,2-3,6-7,10-14H2,1H3,(H,23,28). The number of benzene rings is 1. The summed E-state index contributed by atoms with van der Waals surface area (Å²) in [4.78, 5) is 40.5. The van der Waals surface area contributed by atoms with Crippen LogP contribution in [0, 0.1) is 0 Å². The van der Waals surface area contributed by atoms with Crippen molar-refractivity contribution in [2.45, 2.75) is 76.4 Å². The Hall–Kier alpha value is -2.57. The van der Waals surface area contributed by atoms with Crippen LogP contribution in [-0.2, 0) is 9.59 Å². The molecule has 1 aromatic rings. The van der Waals surface area contributed by atoms with Crippen LogP contribution in [0.15, 0.2) is 24.3 Å². The van der Waals surface area contributed by atoms with Crippen molar-refractivity contribution in [2.24, 2.45) is 0 Å². The van der Waals surface area contributed by atoms with E-state index in [0.717, 1.165) is 37.1 Å². The third-order valence-electron chi connectivity index (χ3n) is 6.27. The smallest absolute Gasteiger partial charge is 0.322 e. The number of rotatable bonds is 6. The van der Waals surface area contributed by atoms with Gasteiger partial charge in [0.25, 0.3) is 0 Å². The van der Waals surface area contributed by atoms with Crippen molar-refractivity contribution in [2.75, 3.05) is 11.9 Å². The SMILES string of the molecule is CCCCOc1ccc(NC(=O)N2C3CCC2CC(N2C(=O)CCC2=O)C3)cc1. The molecule has 7 heteroatoms. The van der Waals surface area contributed by atoms with Gasteiger partial charge >= 0.3 is 6.03 Å². The summed E-state index contributed by atoms with van der Waals surface area (Å²) in [5, 5.41) is 2.99. The van der Waals surface area contributed by atoms with Gasteiger partial charge in [-0.05, 0) is 56.4 Å². The van der Waals surface area contributed by atoms with E-state index in [9.17, 15) is 14.4 Å². The minimum atomic E-state index is -0.102. The minimum Gasteiger partial charge on any atom is -0.494 e. The zero-order valence-corrected chi connectivity index (χ0v) is 16.9. The summed E-state index contributed by atoms with van der Waals surface area (Å²) in [6.45, 7) is 2.82. The highest BCUT2D eigenvalue weighted by Crippen LogP contribution is 2.39. The fourth-order valence-electron chi connectivity index (χ4n) is 4.85. The minimum absolute atomic E-state index is 0.0568. The first-order valence-electron chi connectivity index (χ1n) is 10.7. The van der Waals surface area contributed by atoms with Crippen LogP contribution in [0.25, 0.3) is 0 Å². The fourth-order valence-corrected chi connectivity index (χ4v) is 4.85. The number of urea groups is 1. The predicted molar refractivity (Wildman–Crippen MR) is 109 cm³/mol. The van der Waals surface area contributed by atoms with Crippen LogP contribution in [0.1, 0.15) is 58.3 Å². The lowest BCUT2D eigenvalue weighted by Crippen LogP contribution is -2.54. The topological polar surface area (TPSA) is 79.0 Å². The van der Waals surface area contributed by atoms with E-state index in [2.05, 4.69) is 12.2 Å². The molecule has 3 aliphatic heterocycles. The van der Waals surface area contributed by atoms with E-state index < -0.39 is 0 Å². The summed E-state index contributed by atoms with van der Waals surface area (Å²) in [6.07, 6.45) is 5.99. The van der Waals surface area contributed by atoms with E-state index >= 15 is 0 Å². The summed E-state index contributed by atoms with van der Waals surface area (Å²) in [5.74, 6) is 0.689. The zero-order chi connectivity index (χ0) is 20.4. The van der Waals surface area contributed by atoms with Gasteiger partial charge in [-0.15, -0.1) is 0 Å². The molecule has 1 aromatic carbocycles. The number of imide groups is 1. The third kappa shape index (κ3) is 4.09. The van der Waals surface area contributed by atoms with Crippen molar-refractivity contribution >= 4 is 23.5 Å². The van der Waals surface area contributed by atoms with Gasteiger partial charge in [-0.2, -0.15) is 0 Å². The number of carbonyl (C=O) groups is 3. The summed E-state index contributed by atoms with van der Waals surface area (Å²) in [7, 11) is 0. The number of amides is 4. The lowest BCUT2D eigenvalue weighted by molar-refractivity contribution is -0.142. The number of anilines is 1. The molecule has 4 amide bonds. The second-order valence-corrected chi connectivity index (χ2v) is 8.23. The van der Waals surface area contributed by atoms with Crippen molar-refractivity contribution in [3.8, 4) is 5.75 Å². The van der Waals surface area contributed by atoms with E-state index in [4.69, 9.17) is 4.74 Å². The molecule has 2 atom stereocenters. The summed E-state index contributed by atoms with van der Waals surface area (Å²) in [5.41, 5.74) is 0.740. The van der Waals surface area contributed by atoms with E-state index in [1.165, 1.54) is 4.90 Å². The lowest BCUT2D eigenvalue weighted by atomic mass is 9.96. The Labute approximate surface area is 171 Å². The number of hydrogen-bond donors (Lipinski definition) is 1. The molecule has 1 N–H and O–H groups in total. The maximum Gasteiger partial charge on any atom is 0.322 e. The Bertz CT molecular complexity index is 749. The number of ether oxygens (including phenoxy) is 1. The van der Waals surface area contributed by atoms with Crippen molar-refractivity contribution in [3.05, 3.63) is 24.3 Å². The van der Waals surface area contributed by atoms with E-state index in [1.807, 2.05) is 29.2 Å². The fraction of sp³-hybridized carbons (Fsp3) is 0.591. The number of hydrogen-bond acceptors (Lipinski definition) is 4. The summed E-state index contributed by atoms with van der Waals surface area (Å²) in [6, 6.07) is 7.46. The number of likely N-dealkylation sites (tertiary alicyclic amines) is 1. The quantitative estimate of drug-likeness (QED) is 0.586. The molecule has 0 aromatic heterocycles. The Morgan fingerprint density at radius 1 is 1.03 bits per heavy atom. The maximum absolute atomic E-state index is 12.9. The van der Waals surface area contributed by atoms with Crippen molar-refractivity contribution in [3.63, 3.8) is 0 Å². The van der Waals surface area contributed by atoms with Crippen LogP contribution in [0.5, 0.6) is 5.75 Å². The Balaban J connectivity index is 1.35. The Kier molecular flexibility index (Phi) is 5.74. The molecule has 3 aliphatic rings. The third-order valence-corrected chi connectivity index (χ3v) is 6.27. The Morgan fingerprint density at radius 2 is 1.66 bits per heavy atom. The highest BCUT2D eigenvalue weighted by Gasteiger charge is 2.47. The summed E-state index contributed by atoms with van der Waals surface area (Å²) >= 11 is 0. The second kappa shape index (κ2) is 8.43. The molecule has 0 aliphatic carbocycles. The normalized spacial score (nSPS) is 26.2. The maximum atomic E-state index is 12.9. The number of unbranched alkanes of at least 4 members (excludes halogenated alkanes) is 1. The van der Waals surface area contributed by atoms with Gasteiger partial charge in [-0.1, -0.05) is 13.3 Å². The number of nitrogens with one attached hydrogen (secondary N) is 1. The van der Waals surface area contributed by atoms with Crippen LogP contribution in [0.2, 0.25) is 0 Å². The predicted octanol–water partition coefficient (Wildman–Crippen LogP) is 3.54. The van der Waals surface area contributed by atoms with Crippen LogP contribution in [-0.4, -0.2) is 52.4 Å². The average Bonchev–Trinajstić information content (AvgIpc) is 3.18. The van der Waals surface area contributed by atoms with E-state index in [1.54, 1.807) is 0 Å². The molecule has 2 bridgehead atoms. The van der Waals surface area contributed by atoms with Gasteiger partial charge in [0.1, 0.15) is 5.75 Å². The molecule has 0 spiro atoms. The highest BCUT2D eigenvalue weighted by molar-refractivity contribution is 6.02. The average molecular weight is 399 g/mol. The molecule has 156 valence electrons. The Morgan fingerprint density at radius 3 is 2.24 bits per heavy atom. The molecular weight excluding hydrogens is 370 g/mol. The number of fused-ring (bicyclic) bond motifs is 2. The number of carbonyl (C=O) groups excluding carboxylic acids is 3.